The summed E-state index contributed by atoms with van der Waals surface area (Å²) in [6.45, 7) is 3.93. The monoisotopic (exact) mass is 400 g/mol. The van der Waals surface area contributed by atoms with Gasteiger partial charge in [-0.2, -0.15) is 0 Å². The predicted molar refractivity (Wildman–Crippen MR) is 103 cm³/mol. The number of benzene rings is 1. The molecule has 2 aliphatic rings. The van der Waals surface area contributed by atoms with E-state index in [0.29, 0.717) is 56.8 Å². The number of carbonyl (C=O) groups excluding carboxylic acids is 1. The second-order valence-corrected chi connectivity index (χ2v) is 7.26. The Balaban J connectivity index is 0.00000261. The molecule has 8 heteroatoms. The molecule has 1 aromatic rings. The van der Waals surface area contributed by atoms with Crippen molar-refractivity contribution in [1.82, 2.24) is 4.90 Å². The summed E-state index contributed by atoms with van der Waals surface area (Å²) in [7, 11) is 0. The number of carbonyl (C=O) groups is 1. The van der Waals surface area contributed by atoms with E-state index in [1.165, 1.54) is 0 Å². The van der Waals surface area contributed by atoms with Gasteiger partial charge in [0.25, 0.3) is 5.91 Å². The molecule has 0 radical (unpaired) electrons. The van der Waals surface area contributed by atoms with E-state index in [1.54, 1.807) is 4.90 Å². The molecular formula is C19H29ClN2O5. The molecule has 7 nitrogen and oxygen atoms in total. The number of piperidine rings is 1. The first-order chi connectivity index (χ1) is 12.4. The Labute approximate surface area is 165 Å². The Morgan fingerprint density at radius 3 is 2.67 bits per heavy atom. The Hall–Kier alpha value is -1.38. The van der Waals surface area contributed by atoms with Crippen molar-refractivity contribution in [2.45, 2.75) is 44.0 Å². The molecule has 2 heterocycles. The highest BCUT2D eigenvalue weighted by atomic mass is 35.5. The number of nitrogens with zero attached hydrogens (tertiary/aromatic N) is 1. The second kappa shape index (κ2) is 9.21. The average molecular weight is 401 g/mol. The minimum Gasteiger partial charge on any atom is -0.491 e. The van der Waals surface area contributed by atoms with Gasteiger partial charge in [0.15, 0.2) is 0 Å². The molecule has 2 atom stereocenters. The van der Waals surface area contributed by atoms with Gasteiger partial charge in [-0.05, 0) is 31.9 Å². The summed E-state index contributed by atoms with van der Waals surface area (Å²) in [6, 6.07) is 5.57. The summed E-state index contributed by atoms with van der Waals surface area (Å²) in [6.07, 6.45) is 0.112. The van der Waals surface area contributed by atoms with Gasteiger partial charge in [0, 0.05) is 26.1 Å². The average Bonchev–Trinajstić information content (AvgIpc) is 2.64. The topological polar surface area (TPSA) is 105 Å². The molecule has 0 aromatic heterocycles. The van der Waals surface area contributed by atoms with Crippen LogP contribution in [0.5, 0.6) is 5.75 Å². The Morgan fingerprint density at radius 1 is 1.33 bits per heavy atom. The largest absolute Gasteiger partial charge is 0.491 e. The van der Waals surface area contributed by atoms with Crippen molar-refractivity contribution in [3.8, 4) is 5.75 Å². The maximum absolute atomic E-state index is 13.0. The van der Waals surface area contributed by atoms with Crippen LogP contribution in [0.4, 0.5) is 0 Å². The van der Waals surface area contributed by atoms with E-state index in [9.17, 15) is 15.0 Å². The zero-order valence-corrected chi connectivity index (χ0v) is 16.4. The number of halogens is 1. The van der Waals surface area contributed by atoms with Crippen molar-refractivity contribution in [1.29, 1.82) is 0 Å². The number of amides is 1. The fourth-order valence-electron chi connectivity index (χ4n) is 3.69. The Kier molecular flexibility index (Phi) is 7.47. The lowest BCUT2D eigenvalue weighted by atomic mass is 9.82. The van der Waals surface area contributed by atoms with Crippen molar-refractivity contribution in [2.75, 3.05) is 32.8 Å². The fraction of sp³-hybridized carbons (Fsp3) is 0.632. The molecular weight excluding hydrogens is 372 g/mol. The molecule has 4 N–H and O–H groups in total. The molecule has 2 saturated heterocycles. The van der Waals surface area contributed by atoms with Gasteiger partial charge in [0.2, 0.25) is 0 Å². The first-order valence-electron chi connectivity index (χ1n) is 9.17. The summed E-state index contributed by atoms with van der Waals surface area (Å²) in [5.41, 5.74) is 6.60. The molecule has 152 valence electrons. The van der Waals surface area contributed by atoms with E-state index in [0.717, 1.165) is 5.56 Å². The van der Waals surface area contributed by atoms with Crippen LogP contribution in [0.1, 0.15) is 35.2 Å². The highest BCUT2D eigenvalue weighted by Gasteiger charge is 2.43. The molecule has 2 aliphatic heterocycles. The van der Waals surface area contributed by atoms with Crippen LogP contribution >= 0.6 is 12.4 Å². The molecule has 1 amide bonds. The van der Waals surface area contributed by atoms with Crippen molar-refractivity contribution < 1.29 is 24.5 Å². The summed E-state index contributed by atoms with van der Waals surface area (Å²) in [5.74, 6) is 0.491. The number of aliphatic hydroxyl groups excluding tert-OH is 2. The lowest BCUT2D eigenvalue weighted by molar-refractivity contribution is -0.185. The van der Waals surface area contributed by atoms with Gasteiger partial charge in [-0.1, -0.05) is 11.6 Å². The molecule has 1 spiro atoms. The van der Waals surface area contributed by atoms with Crippen molar-refractivity contribution in [2.24, 2.45) is 5.73 Å². The van der Waals surface area contributed by atoms with Crippen LogP contribution in [0.2, 0.25) is 0 Å². The third kappa shape index (κ3) is 4.92. The Bertz CT molecular complexity index is 649. The number of nitrogens with two attached hydrogens (primary N) is 1. The van der Waals surface area contributed by atoms with Crippen LogP contribution in [0.25, 0.3) is 0 Å². The third-order valence-corrected chi connectivity index (χ3v) is 5.29. The first kappa shape index (κ1) is 21.9. The first-order valence-corrected chi connectivity index (χ1v) is 9.17. The minimum absolute atomic E-state index is 0. The lowest BCUT2D eigenvalue weighted by Crippen LogP contribution is -2.55. The van der Waals surface area contributed by atoms with Crippen LogP contribution < -0.4 is 10.5 Å². The fourth-order valence-corrected chi connectivity index (χ4v) is 3.69. The predicted octanol–water partition coefficient (Wildman–Crippen LogP) is 0.871. The number of ether oxygens (including phenoxy) is 2. The normalized spacial score (nSPS) is 24.4. The van der Waals surface area contributed by atoms with E-state index in [1.807, 2.05) is 25.1 Å². The summed E-state index contributed by atoms with van der Waals surface area (Å²) in [5, 5.41) is 19.6. The van der Waals surface area contributed by atoms with E-state index in [4.69, 9.17) is 15.2 Å². The summed E-state index contributed by atoms with van der Waals surface area (Å²) < 4.78 is 11.5. The van der Waals surface area contributed by atoms with Gasteiger partial charge < -0.3 is 30.3 Å². The zero-order chi connectivity index (χ0) is 18.7. The molecule has 0 bridgehead atoms. The smallest absolute Gasteiger partial charge is 0.257 e. The summed E-state index contributed by atoms with van der Waals surface area (Å²) in [4.78, 5) is 14.8. The van der Waals surface area contributed by atoms with Crippen molar-refractivity contribution in [3.05, 3.63) is 29.3 Å². The lowest BCUT2D eigenvalue weighted by Gasteiger charge is -2.46. The summed E-state index contributed by atoms with van der Waals surface area (Å²) >= 11 is 0. The quantitative estimate of drug-likeness (QED) is 0.692. The van der Waals surface area contributed by atoms with Gasteiger partial charge in [-0.3, -0.25) is 4.79 Å². The van der Waals surface area contributed by atoms with Crippen LogP contribution in [0, 0.1) is 6.92 Å². The van der Waals surface area contributed by atoms with E-state index in [2.05, 4.69) is 0 Å². The maximum atomic E-state index is 13.0. The molecule has 1 aromatic carbocycles. The van der Waals surface area contributed by atoms with Gasteiger partial charge in [-0.25, -0.2) is 0 Å². The zero-order valence-electron chi connectivity index (χ0n) is 15.6. The van der Waals surface area contributed by atoms with E-state index >= 15 is 0 Å². The van der Waals surface area contributed by atoms with Crippen LogP contribution in [-0.4, -0.2) is 71.7 Å². The molecule has 0 aliphatic carbocycles. The van der Waals surface area contributed by atoms with E-state index in [-0.39, 0.29) is 24.9 Å². The van der Waals surface area contributed by atoms with Crippen LogP contribution in [0.3, 0.4) is 0 Å². The number of likely N-dealkylation sites (tertiary alicyclic amines) is 1. The second-order valence-electron chi connectivity index (χ2n) is 7.26. The molecule has 27 heavy (non-hydrogen) atoms. The molecule has 2 fully saturated rings. The molecule has 3 rings (SSSR count). The number of aryl methyl sites for hydroxylation is 1. The van der Waals surface area contributed by atoms with Crippen LogP contribution in [0.15, 0.2) is 18.2 Å². The van der Waals surface area contributed by atoms with Gasteiger partial charge in [-0.15, -0.1) is 12.4 Å². The number of aliphatic hydroxyl groups is 2. The van der Waals surface area contributed by atoms with Gasteiger partial charge >= 0.3 is 0 Å². The highest BCUT2D eigenvalue weighted by molar-refractivity contribution is 5.97. The highest BCUT2D eigenvalue weighted by Crippen LogP contribution is 2.36. The van der Waals surface area contributed by atoms with Crippen molar-refractivity contribution >= 4 is 18.3 Å². The van der Waals surface area contributed by atoms with Crippen molar-refractivity contribution in [3.63, 3.8) is 0 Å². The number of hydrogen-bond acceptors (Lipinski definition) is 6. The van der Waals surface area contributed by atoms with Crippen LogP contribution in [-0.2, 0) is 4.74 Å². The number of hydrogen-bond donors (Lipinski definition) is 3. The standard InChI is InChI=1S/C19H28N2O5.ClH/c1-13-2-3-17(25-9-6-20)14(10-13)18(24)21-7-4-19(5-8-21)11-15(22)16(23)12-26-19;/h2-3,10,15-16,22-23H,4-9,11-12,20H2,1H3;1H/t15-,16+;/m1./s1. The van der Waals surface area contributed by atoms with E-state index < -0.39 is 17.8 Å². The van der Waals surface area contributed by atoms with Gasteiger partial charge in [0.05, 0.1) is 23.9 Å². The SMILES string of the molecule is Cc1ccc(OCCN)c(C(=O)N2CCC3(CC2)C[C@@H](O)[C@@H](O)CO3)c1.Cl. The molecule has 0 saturated carbocycles. The van der Waals surface area contributed by atoms with Gasteiger partial charge in [0.1, 0.15) is 18.5 Å². The maximum Gasteiger partial charge on any atom is 0.257 e. The number of rotatable bonds is 4. The Morgan fingerprint density at radius 2 is 2.04 bits per heavy atom. The third-order valence-electron chi connectivity index (χ3n) is 5.29. The minimum atomic E-state index is -0.824. The molecule has 0 unspecified atom stereocenters.